The molecule has 7 nitrogen and oxygen atoms in total. The standard InChI is InChI=1S/C13H10N2O5S2/c16-11(17)5-6-14-12(18)10(22-13(14)21)7-8-1-3-9(4-2-8)15(19)20/h1-4,7H,5-6H2,(H,16,17). The van der Waals surface area contributed by atoms with Crippen molar-refractivity contribution in [2.45, 2.75) is 6.42 Å². The summed E-state index contributed by atoms with van der Waals surface area (Å²) in [6, 6.07) is 5.75. The second-order valence-corrected chi connectivity index (χ2v) is 6.00. The maximum Gasteiger partial charge on any atom is 0.305 e. The number of nitro benzene ring substituents is 1. The van der Waals surface area contributed by atoms with Crippen LogP contribution < -0.4 is 0 Å². The van der Waals surface area contributed by atoms with Gasteiger partial charge in [0.25, 0.3) is 11.6 Å². The van der Waals surface area contributed by atoms with Crippen LogP contribution in [0.2, 0.25) is 0 Å². The number of rotatable bonds is 5. The van der Waals surface area contributed by atoms with Gasteiger partial charge in [-0.25, -0.2) is 0 Å². The molecule has 22 heavy (non-hydrogen) atoms. The highest BCUT2D eigenvalue weighted by molar-refractivity contribution is 8.26. The molecule has 1 fully saturated rings. The number of carbonyl (C=O) groups excluding carboxylic acids is 1. The number of aliphatic carboxylic acids is 1. The Hall–Kier alpha value is -2.26. The summed E-state index contributed by atoms with van der Waals surface area (Å²) in [5, 5.41) is 19.2. The minimum atomic E-state index is -1.01. The molecule has 1 aromatic rings. The molecule has 1 N–H and O–H groups in total. The van der Waals surface area contributed by atoms with Gasteiger partial charge in [-0.1, -0.05) is 24.0 Å². The highest BCUT2D eigenvalue weighted by atomic mass is 32.2. The molecule has 1 saturated heterocycles. The van der Waals surface area contributed by atoms with E-state index in [1.54, 1.807) is 6.08 Å². The number of nitrogens with zero attached hydrogens (tertiary/aromatic N) is 2. The molecular weight excluding hydrogens is 328 g/mol. The van der Waals surface area contributed by atoms with E-state index in [-0.39, 0.29) is 24.6 Å². The Morgan fingerprint density at radius 2 is 2.05 bits per heavy atom. The highest BCUT2D eigenvalue weighted by Gasteiger charge is 2.32. The van der Waals surface area contributed by atoms with Gasteiger partial charge >= 0.3 is 5.97 Å². The molecule has 0 aliphatic carbocycles. The average molecular weight is 338 g/mol. The average Bonchev–Trinajstić information content (AvgIpc) is 2.72. The molecule has 1 aliphatic rings. The first-order valence-corrected chi connectivity index (χ1v) is 7.32. The fraction of sp³-hybridized carbons (Fsp3) is 0.154. The maximum atomic E-state index is 12.2. The van der Waals surface area contributed by atoms with E-state index in [0.29, 0.717) is 14.8 Å². The van der Waals surface area contributed by atoms with Crippen LogP contribution in [0, 0.1) is 10.1 Å². The van der Waals surface area contributed by atoms with Gasteiger partial charge in [-0.15, -0.1) is 0 Å². The summed E-state index contributed by atoms with van der Waals surface area (Å²) in [5.74, 6) is -1.36. The smallest absolute Gasteiger partial charge is 0.305 e. The summed E-state index contributed by atoms with van der Waals surface area (Å²) < 4.78 is 0.305. The summed E-state index contributed by atoms with van der Waals surface area (Å²) >= 11 is 6.14. The normalized spacial score (nSPS) is 16.4. The van der Waals surface area contributed by atoms with E-state index in [2.05, 4.69) is 0 Å². The molecule has 1 heterocycles. The van der Waals surface area contributed by atoms with Crippen LogP contribution in [0.4, 0.5) is 5.69 Å². The molecule has 0 atom stereocenters. The molecule has 0 aromatic heterocycles. The Kier molecular flexibility index (Phi) is 4.88. The van der Waals surface area contributed by atoms with Gasteiger partial charge in [-0.05, 0) is 23.8 Å². The van der Waals surface area contributed by atoms with E-state index in [1.807, 2.05) is 0 Å². The van der Waals surface area contributed by atoms with E-state index >= 15 is 0 Å². The number of amides is 1. The number of carboxylic acids is 1. The Morgan fingerprint density at radius 1 is 1.41 bits per heavy atom. The van der Waals surface area contributed by atoms with Gasteiger partial charge in [-0.2, -0.15) is 0 Å². The van der Waals surface area contributed by atoms with Crippen molar-refractivity contribution in [1.82, 2.24) is 4.90 Å². The van der Waals surface area contributed by atoms with Crippen LogP contribution in [0.3, 0.4) is 0 Å². The lowest BCUT2D eigenvalue weighted by atomic mass is 10.2. The lowest BCUT2D eigenvalue weighted by Gasteiger charge is -2.12. The topological polar surface area (TPSA) is 101 Å². The van der Waals surface area contributed by atoms with Crippen molar-refractivity contribution < 1.29 is 19.6 Å². The number of thiocarbonyl (C=S) groups is 1. The number of carbonyl (C=O) groups is 2. The summed E-state index contributed by atoms with van der Waals surface area (Å²) in [6.07, 6.45) is 1.39. The van der Waals surface area contributed by atoms with Gasteiger partial charge in [-0.3, -0.25) is 24.6 Å². The van der Waals surface area contributed by atoms with Crippen molar-refractivity contribution in [1.29, 1.82) is 0 Å². The van der Waals surface area contributed by atoms with E-state index in [4.69, 9.17) is 17.3 Å². The van der Waals surface area contributed by atoms with Crippen LogP contribution in [0.15, 0.2) is 29.2 Å². The molecule has 114 valence electrons. The third kappa shape index (κ3) is 3.68. The van der Waals surface area contributed by atoms with E-state index in [9.17, 15) is 19.7 Å². The zero-order valence-electron chi connectivity index (χ0n) is 11.1. The Labute approximate surface area is 134 Å². The number of thioether (sulfide) groups is 1. The lowest BCUT2D eigenvalue weighted by Crippen LogP contribution is -2.30. The second kappa shape index (κ2) is 6.67. The second-order valence-electron chi connectivity index (χ2n) is 4.33. The molecule has 0 radical (unpaired) electrons. The predicted molar refractivity (Wildman–Crippen MR) is 85.2 cm³/mol. The first kappa shape index (κ1) is 16.1. The molecule has 2 rings (SSSR count). The zero-order chi connectivity index (χ0) is 16.3. The summed E-state index contributed by atoms with van der Waals surface area (Å²) in [4.78, 5) is 34.4. The van der Waals surface area contributed by atoms with Crippen LogP contribution in [0.25, 0.3) is 6.08 Å². The molecule has 0 spiro atoms. The first-order chi connectivity index (χ1) is 10.4. The quantitative estimate of drug-likeness (QED) is 0.380. The maximum absolute atomic E-state index is 12.2. The zero-order valence-corrected chi connectivity index (χ0v) is 12.7. The summed E-state index contributed by atoms with van der Waals surface area (Å²) in [5.41, 5.74) is 0.593. The Balaban J connectivity index is 2.15. The van der Waals surface area contributed by atoms with Crippen LogP contribution in [0.5, 0.6) is 0 Å². The van der Waals surface area contributed by atoms with Gasteiger partial charge in [0.15, 0.2) is 0 Å². The molecule has 1 amide bonds. The fourth-order valence-corrected chi connectivity index (χ4v) is 3.05. The van der Waals surface area contributed by atoms with Crippen LogP contribution in [-0.2, 0) is 9.59 Å². The van der Waals surface area contributed by atoms with Crippen molar-refractivity contribution in [3.8, 4) is 0 Å². The van der Waals surface area contributed by atoms with Crippen LogP contribution in [0.1, 0.15) is 12.0 Å². The molecular formula is C13H10N2O5S2. The molecule has 1 aliphatic heterocycles. The molecule has 9 heteroatoms. The van der Waals surface area contributed by atoms with E-state index < -0.39 is 10.9 Å². The summed E-state index contributed by atoms with van der Waals surface area (Å²) in [6.45, 7) is 0.0254. The largest absolute Gasteiger partial charge is 0.481 e. The van der Waals surface area contributed by atoms with Crippen molar-refractivity contribution in [2.24, 2.45) is 0 Å². The SMILES string of the molecule is O=C(O)CCN1C(=O)C(=Cc2ccc([N+](=O)[O-])cc2)SC1=S. The number of hydrogen-bond donors (Lipinski definition) is 1. The third-order valence-electron chi connectivity index (χ3n) is 2.82. The number of carboxylic acid groups (broad SMARTS) is 1. The van der Waals surface area contributed by atoms with Crippen LogP contribution in [-0.4, -0.2) is 37.7 Å². The Morgan fingerprint density at radius 3 is 2.59 bits per heavy atom. The van der Waals surface area contributed by atoms with Gasteiger partial charge in [0.1, 0.15) is 4.32 Å². The van der Waals surface area contributed by atoms with Crippen molar-refractivity contribution in [2.75, 3.05) is 6.54 Å². The van der Waals surface area contributed by atoms with Crippen molar-refractivity contribution >= 4 is 51.9 Å². The molecule has 0 bridgehead atoms. The van der Waals surface area contributed by atoms with Gasteiger partial charge in [0, 0.05) is 18.7 Å². The summed E-state index contributed by atoms with van der Waals surface area (Å²) in [7, 11) is 0. The fourth-order valence-electron chi connectivity index (χ4n) is 1.74. The minimum Gasteiger partial charge on any atom is -0.481 e. The van der Waals surface area contributed by atoms with Gasteiger partial charge in [0.05, 0.1) is 16.2 Å². The monoisotopic (exact) mass is 338 g/mol. The number of non-ortho nitro benzene ring substituents is 1. The van der Waals surface area contributed by atoms with E-state index in [0.717, 1.165) is 11.8 Å². The number of nitro groups is 1. The van der Waals surface area contributed by atoms with Gasteiger partial charge in [0.2, 0.25) is 0 Å². The predicted octanol–water partition coefficient (Wildman–Crippen LogP) is 2.27. The van der Waals surface area contributed by atoms with E-state index in [1.165, 1.54) is 29.2 Å². The number of hydrogen-bond acceptors (Lipinski definition) is 6. The van der Waals surface area contributed by atoms with Crippen molar-refractivity contribution in [3.63, 3.8) is 0 Å². The molecule has 1 aromatic carbocycles. The number of benzene rings is 1. The Bertz CT molecular complexity index is 684. The molecule has 0 unspecified atom stereocenters. The molecule has 0 saturated carbocycles. The highest BCUT2D eigenvalue weighted by Crippen LogP contribution is 2.32. The van der Waals surface area contributed by atoms with Crippen molar-refractivity contribution in [3.05, 3.63) is 44.8 Å². The van der Waals surface area contributed by atoms with Crippen LogP contribution >= 0.6 is 24.0 Å². The first-order valence-electron chi connectivity index (χ1n) is 6.10. The third-order valence-corrected chi connectivity index (χ3v) is 4.20. The van der Waals surface area contributed by atoms with Gasteiger partial charge < -0.3 is 5.11 Å². The lowest BCUT2D eigenvalue weighted by molar-refractivity contribution is -0.384. The minimum absolute atomic E-state index is 0.0254.